The van der Waals surface area contributed by atoms with Crippen LogP contribution in [0, 0.1) is 0 Å². The molecule has 2 heterocycles. The highest BCUT2D eigenvalue weighted by Gasteiger charge is 2.24. The first-order valence-corrected chi connectivity index (χ1v) is 8.94. The third-order valence-electron chi connectivity index (χ3n) is 4.60. The molecular weight excluding hydrogens is 360 g/mol. The monoisotopic (exact) mass is 382 g/mol. The maximum Gasteiger partial charge on any atom is 0.272 e. The Kier molecular flexibility index (Phi) is 5.88. The van der Waals surface area contributed by atoms with Gasteiger partial charge >= 0.3 is 0 Å². The maximum absolute atomic E-state index is 12.7. The molecule has 1 aromatic carbocycles. The van der Waals surface area contributed by atoms with Crippen LogP contribution < -0.4 is 10.1 Å². The molecule has 1 saturated heterocycles. The summed E-state index contributed by atoms with van der Waals surface area (Å²) in [6.45, 7) is 3.41. The summed E-state index contributed by atoms with van der Waals surface area (Å²) in [6.07, 6.45) is 1.45. The quantitative estimate of drug-likeness (QED) is 0.868. The third-order valence-corrected chi connectivity index (χ3v) is 4.60. The number of carbonyl (C=O) groups excluding carboxylic acids is 3. The second-order valence-corrected chi connectivity index (χ2v) is 6.41. The van der Waals surface area contributed by atoms with Crippen molar-refractivity contribution >= 4 is 23.4 Å². The van der Waals surface area contributed by atoms with E-state index < -0.39 is 0 Å². The second-order valence-electron chi connectivity index (χ2n) is 6.41. The topological polar surface area (TPSA) is 91.8 Å². The summed E-state index contributed by atoms with van der Waals surface area (Å²) in [5.41, 5.74) is 1.17. The number of carbonyl (C=O) groups is 3. The summed E-state index contributed by atoms with van der Waals surface area (Å²) in [5.74, 6) is 0.118. The van der Waals surface area contributed by atoms with Gasteiger partial charge in [0.25, 0.3) is 11.8 Å². The SMILES string of the molecule is COc1ccc(NC(=O)c2ccnc(C(=O)N3CCN(C(C)=O)CC3)c2)cc1. The lowest BCUT2D eigenvalue weighted by molar-refractivity contribution is -0.130. The van der Waals surface area contributed by atoms with Gasteiger partial charge in [0.1, 0.15) is 11.4 Å². The minimum Gasteiger partial charge on any atom is -0.497 e. The largest absolute Gasteiger partial charge is 0.497 e. The smallest absolute Gasteiger partial charge is 0.272 e. The van der Waals surface area contributed by atoms with Crippen LogP contribution in [0.4, 0.5) is 5.69 Å². The zero-order valence-corrected chi connectivity index (χ0v) is 15.8. The van der Waals surface area contributed by atoms with Crippen molar-refractivity contribution in [2.75, 3.05) is 38.6 Å². The van der Waals surface area contributed by atoms with Crippen LogP contribution in [0.2, 0.25) is 0 Å². The summed E-state index contributed by atoms with van der Waals surface area (Å²) in [4.78, 5) is 44.1. The van der Waals surface area contributed by atoms with Crippen LogP contribution in [-0.2, 0) is 4.79 Å². The van der Waals surface area contributed by atoms with E-state index in [4.69, 9.17) is 4.74 Å². The fraction of sp³-hybridized carbons (Fsp3) is 0.300. The molecule has 1 aliphatic heterocycles. The Bertz CT molecular complexity index is 874. The molecule has 8 heteroatoms. The number of hydrogen-bond acceptors (Lipinski definition) is 5. The molecule has 3 rings (SSSR count). The minimum atomic E-state index is -0.331. The Labute approximate surface area is 163 Å². The number of rotatable bonds is 4. The summed E-state index contributed by atoms with van der Waals surface area (Å²) in [6, 6.07) is 10.0. The van der Waals surface area contributed by atoms with Crippen molar-refractivity contribution in [1.29, 1.82) is 0 Å². The summed E-state index contributed by atoms with van der Waals surface area (Å²) >= 11 is 0. The standard InChI is InChI=1S/C20H22N4O4/c1-14(25)23-9-11-24(12-10-23)20(27)18-13-15(7-8-21-18)19(26)22-16-3-5-17(28-2)6-4-16/h3-8,13H,9-12H2,1-2H3,(H,22,26). The van der Waals surface area contributed by atoms with Crippen molar-refractivity contribution < 1.29 is 19.1 Å². The number of amides is 3. The van der Waals surface area contributed by atoms with Gasteiger partial charge in [0.2, 0.25) is 5.91 Å². The van der Waals surface area contributed by atoms with Gasteiger partial charge < -0.3 is 19.9 Å². The number of nitrogens with one attached hydrogen (secondary N) is 1. The van der Waals surface area contributed by atoms with Crippen molar-refractivity contribution in [2.24, 2.45) is 0 Å². The summed E-state index contributed by atoms with van der Waals surface area (Å²) < 4.78 is 5.09. The lowest BCUT2D eigenvalue weighted by atomic mass is 10.2. The van der Waals surface area contributed by atoms with E-state index in [1.807, 2.05) is 0 Å². The molecule has 3 amide bonds. The summed E-state index contributed by atoms with van der Waals surface area (Å²) in [7, 11) is 1.57. The fourth-order valence-electron chi connectivity index (χ4n) is 2.95. The number of nitrogens with zero attached hydrogens (tertiary/aromatic N) is 3. The van der Waals surface area contributed by atoms with Crippen molar-refractivity contribution in [3.8, 4) is 5.75 Å². The molecule has 0 radical (unpaired) electrons. The van der Waals surface area contributed by atoms with Gasteiger partial charge in [-0.15, -0.1) is 0 Å². The zero-order valence-electron chi connectivity index (χ0n) is 15.8. The van der Waals surface area contributed by atoms with Crippen molar-refractivity contribution in [2.45, 2.75) is 6.92 Å². The number of benzene rings is 1. The fourth-order valence-corrected chi connectivity index (χ4v) is 2.95. The van der Waals surface area contributed by atoms with Gasteiger partial charge in [-0.25, -0.2) is 0 Å². The molecule has 28 heavy (non-hydrogen) atoms. The predicted octanol–water partition coefficient (Wildman–Crippen LogP) is 1.65. The molecule has 0 aliphatic carbocycles. The lowest BCUT2D eigenvalue weighted by Crippen LogP contribution is -2.50. The van der Waals surface area contributed by atoms with E-state index in [1.165, 1.54) is 19.2 Å². The summed E-state index contributed by atoms with van der Waals surface area (Å²) in [5, 5.41) is 2.78. The molecule has 0 saturated carbocycles. The molecular formula is C20H22N4O4. The van der Waals surface area contributed by atoms with Crippen LogP contribution >= 0.6 is 0 Å². The molecule has 0 bridgehead atoms. The average Bonchev–Trinajstić information content (AvgIpc) is 2.74. The molecule has 2 aromatic rings. The van der Waals surface area contributed by atoms with Crippen molar-refractivity contribution in [3.05, 3.63) is 53.9 Å². The Morgan fingerprint density at radius 2 is 1.64 bits per heavy atom. The van der Waals surface area contributed by atoms with E-state index in [0.29, 0.717) is 43.2 Å². The number of aromatic nitrogens is 1. The van der Waals surface area contributed by atoms with E-state index in [2.05, 4.69) is 10.3 Å². The molecule has 0 atom stereocenters. The van der Waals surface area contributed by atoms with Gasteiger partial charge in [0, 0.05) is 50.6 Å². The molecule has 0 spiro atoms. The van der Waals surface area contributed by atoms with Gasteiger partial charge in [-0.05, 0) is 36.4 Å². The normalized spacial score (nSPS) is 13.8. The number of ether oxygens (including phenoxy) is 1. The van der Waals surface area contributed by atoms with E-state index in [-0.39, 0.29) is 23.4 Å². The van der Waals surface area contributed by atoms with Gasteiger partial charge in [-0.1, -0.05) is 0 Å². The van der Waals surface area contributed by atoms with Crippen molar-refractivity contribution in [3.63, 3.8) is 0 Å². The van der Waals surface area contributed by atoms with Crippen LogP contribution in [0.25, 0.3) is 0 Å². The van der Waals surface area contributed by atoms with E-state index in [9.17, 15) is 14.4 Å². The first kappa shape index (κ1) is 19.3. The molecule has 0 unspecified atom stereocenters. The van der Waals surface area contributed by atoms with Gasteiger partial charge in [0.15, 0.2) is 0 Å². The lowest BCUT2D eigenvalue weighted by Gasteiger charge is -2.34. The number of methoxy groups -OCH3 is 1. The van der Waals surface area contributed by atoms with E-state index in [0.717, 1.165) is 0 Å². The van der Waals surface area contributed by atoms with Crippen LogP contribution in [0.3, 0.4) is 0 Å². The van der Waals surface area contributed by atoms with Crippen molar-refractivity contribution in [1.82, 2.24) is 14.8 Å². The highest BCUT2D eigenvalue weighted by Crippen LogP contribution is 2.16. The minimum absolute atomic E-state index is 0.00224. The molecule has 1 fully saturated rings. The predicted molar refractivity (Wildman–Crippen MR) is 103 cm³/mol. The molecule has 1 aromatic heterocycles. The molecule has 146 valence electrons. The van der Waals surface area contributed by atoms with Crippen LogP contribution in [0.15, 0.2) is 42.6 Å². The molecule has 1 N–H and O–H groups in total. The second kappa shape index (κ2) is 8.51. The highest BCUT2D eigenvalue weighted by molar-refractivity contribution is 6.05. The Morgan fingerprint density at radius 3 is 2.25 bits per heavy atom. The van der Waals surface area contributed by atoms with Gasteiger partial charge in [-0.2, -0.15) is 0 Å². The van der Waals surface area contributed by atoms with E-state index >= 15 is 0 Å². The van der Waals surface area contributed by atoms with Crippen LogP contribution in [0.1, 0.15) is 27.8 Å². The number of piperazine rings is 1. The van der Waals surface area contributed by atoms with E-state index in [1.54, 1.807) is 47.2 Å². The van der Waals surface area contributed by atoms with Crippen LogP contribution in [-0.4, -0.2) is 65.8 Å². The van der Waals surface area contributed by atoms with Crippen LogP contribution in [0.5, 0.6) is 5.75 Å². The Balaban J connectivity index is 1.66. The van der Waals surface area contributed by atoms with Gasteiger partial charge in [-0.3, -0.25) is 19.4 Å². The highest BCUT2D eigenvalue weighted by atomic mass is 16.5. The maximum atomic E-state index is 12.7. The first-order valence-electron chi connectivity index (χ1n) is 8.94. The number of anilines is 1. The Morgan fingerprint density at radius 1 is 1.00 bits per heavy atom. The number of hydrogen-bond donors (Lipinski definition) is 1. The molecule has 8 nitrogen and oxygen atoms in total. The first-order chi connectivity index (χ1) is 13.5. The third kappa shape index (κ3) is 4.46. The van der Waals surface area contributed by atoms with Gasteiger partial charge in [0.05, 0.1) is 7.11 Å². The number of pyridine rings is 1. The Hall–Kier alpha value is -3.42. The molecule has 1 aliphatic rings. The average molecular weight is 382 g/mol. The zero-order chi connectivity index (χ0) is 20.1.